The summed E-state index contributed by atoms with van der Waals surface area (Å²) in [7, 11) is 1.55. The van der Waals surface area contributed by atoms with Gasteiger partial charge in [0.15, 0.2) is 11.5 Å². The van der Waals surface area contributed by atoms with Crippen LogP contribution < -0.4 is 19.9 Å². The molecular formula is C22H18Cl2N4O3. The number of nitrogens with two attached hydrogens (primary N) is 1. The molecule has 1 unspecified atom stereocenters. The molecule has 1 aliphatic heterocycles. The first-order valence-corrected chi connectivity index (χ1v) is 10.1. The molecule has 4 rings (SSSR count). The Labute approximate surface area is 188 Å². The largest absolute Gasteiger partial charge is 0.493 e. The van der Waals surface area contributed by atoms with E-state index in [0.717, 1.165) is 22.4 Å². The highest BCUT2D eigenvalue weighted by atomic mass is 35.5. The number of H-pyrrole nitrogens is 1. The van der Waals surface area contributed by atoms with E-state index in [-0.39, 0.29) is 12.5 Å². The van der Waals surface area contributed by atoms with Gasteiger partial charge in [0.1, 0.15) is 18.2 Å². The molecule has 31 heavy (non-hydrogen) atoms. The lowest BCUT2D eigenvalue weighted by Crippen LogP contribution is -2.21. The normalized spacial score (nSPS) is 15.1. The van der Waals surface area contributed by atoms with Crippen LogP contribution in [0, 0.1) is 18.3 Å². The van der Waals surface area contributed by atoms with Crippen LogP contribution in [-0.2, 0) is 6.61 Å². The van der Waals surface area contributed by atoms with Gasteiger partial charge in [-0.05, 0) is 36.8 Å². The van der Waals surface area contributed by atoms with Crippen LogP contribution in [0.5, 0.6) is 17.4 Å². The molecule has 0 amide bonds. The number of hydrogen-bond acceptors (Lipinski definition) is 6. The lowest BCUT2D eigenvalue weighted by Gasteiger charge is -2.24. The lowest BCUT2D eigenvalue weighted by atomic mass is 9.84. The van der Waals surface area contributed by atoms with Gasteiger partial charge in [-0.1, -0.05) is 35.3 Å². The van der Waals surface area contributed by atoms with Crippen molar-refractivity contribution in [3.05, 3.63) is 80.3 Å². The predicted octanol–water partition coefficient (Wildman–Crippen LogP) is 4.83. The second-order valence-corrected chi connectivity index (χ2v) is 7.77. The summed E-state index contributed by atoms with van der Waals surface area (Å²) in [6.07, 6.45) is 0. The van der Waals surface area contributed by atoms with E-state index >= 15 is 0 Å². The van der Waals surface area contributed by atoms with Crippen molar-refractivity contribution in [1.82, 2.24) is 10.2 Å². The van der Waals surface area contributed by atoms with Gasteiger partial charge in [-0.15, -0.1) is 5.10 Å². The van der Waals surface area contributed by atoms with Gasteiger partial charge in [0.25, 0.3) is 0 Å². The highest BCUT2D eigenvalue weighted by Crippen LogP contribution is 2.44. The average molecular weight is 457 g/mol. The van der Waals surface area contributed by atoms with Crippen LogP contribution in [0.4, 0.5) is 0 Å². The smallest absolute Gasteiger partial charge is 0.244 e. The molecule has 9 heteroatoms. The molecule has 0 radical (unpaired) electrons. The van der Waals surface area contributed by atoms with Crippen LogP contribution in [0.15, 0.2) is 47.9 Å². The van der Waals surface area contributed by atoms with Gasteiger partial charge >= 0.3 is 0 Å². The second kappa shape index (κ2) is 8.42. The van der Waals surface area contributed by atoms with Crippen molar-refractivity contribution < 1.29 is 14.2 Å². The van der Waals surface area contributed by atoms with E-state index in [9.17, 15) is 5.26 Å². The van der Waals surface area contributed by atoms with E-state index in [1.807, 2.05) is 25.1 Å². The maximum atomic E-state index is 9.71. The van der Waals surface area contributed by atoms with Crippen LogP contribution >= 0.6 is 23.2 Å². The van der Waals surface area contributed by atoms with Crippen molar-refractivity contribution in [2.24, 2.45) is 5.73 Å². The number of aromatic nitrogens is 2. The Morgan fingerprint density at radius 3 is 2.74 bits per heavy atom. The molecule has 0 aliphatic carbocycles. The van der Waals surface area contributed by atoms with Crippen LogP contribution in [0.1, 0.15) is 28.3 Å². The summed E-state index contributed by atoms with van der Waals surface area (Å²) in [4.78, 5) is 0. The van der Waals surface area contributed by atoms with Gasteiger partial charge < -0.3 is 19.9 Å². The standard InChI is InChI=1S/C22H18Cl2N4O3/c1-11-19-20(15(9-25)21(26)31-22(19)28-27-11)12-4-6-17(18(7-12)29-2)30-10-13-3-5-14(23)8-16(13)24/h3-8,20H,10,26H2,1-2H3,(H,27,28). The van der Waals surface area contributed by atoms with Crippen LogP contribution in [-0.4, -0.2) is 17.3 Å². The number of aromatic amines is 1. The minimum atomic E-state index is -0.443. The molecule has 0 spiro atoms. The third kappa shape index (κ3) is 3.88. The highest BCUT2D eigenvalue weighted by Gasteiger charge is 2.34. The molecule has 2 heterocycles. The number of allylic oxidation sites excluding steroid dienone is 1. The SMILES string of the molecule is COc1cc(C2C(C#N)=C(N)Oc3n[nH]c(C)c32)ccc1OCc1ccc(Cl)cc1Cl. The number of nitrogens with one attached hydrogen (secondary N) is 1. The van der Waals surface area contributed by atoms with Gasteiger partial charge in [0.05, 0.1) is 13.0 Å². The number of aryl methyl sites for hydroxylation is 1. The van der Waals surface area contributed by atoms with Gasteiger partial charge in [-0.25, -0.2) is 0 Å². The van der Waals surface area contributed by atoms with Gasteiger partial charge in [-0.3, -0.25) is 5.10 Å². The number of rotatable bonds is 5. The molecule has 0 fully saturated rings. The average Bonchev–Trinajstić information content (AvgIpc) is 3.12. The molecule has 1 atom stereocenters. The first kappa shape index (κ1) is 20.9. The summed E-state index contributed by atoms with van der Waals surface area (Å²) in [6, 6.07) is 12.8. The number of ether oxygens (including phenoxy) is 3. The molecule has 0 saturated carbocycles. The number of nitrogens with zero attached hydrogens (tertiary/aromatic N) is 2. The zero-order chi connectivity index (χ0) is 22.1. The van der Waals surface area contributed by atoms with Crippen LogP contribution in [0.25, 0.3) is 0 Å². The summed E-state index contributed by atoms with van der Waals surface area (Å²) in [5, 5.41) is 17.8. The lowest BCUT2D eigenvalue weighted by molar-refractivity contribution is 0.284. The maximum absolute atomic E-state index is 9.71. The molecule has 0 saturated heterocycles. The molecule has 1 aromatic heterocycles. The Kier molecular flexibility index (Phi) is 5.68. The second-order valence-electron chi connectivity index (χ2n) is 6.93. The molecule has 7 nitrogen and oxygen atoms in total. The Balaban J connectivity index is 1.68. The minimum absolute atomic E-state index is 0.0307. The summed E-state index contributed by atoms with van der Waals surface area (Å²) in [5.41, 5.74) is 9.42. The molecule has 3 aromatic rings. The van der Waals surface area contributed by atoms with E-state index in [4.69, 9.17) is 43.1 Å². The first-order valence-electron chi connectivity index (χ1n) is 9.30. The van der Waals surface area contributed by atoms with E-state index in [2.05, 4.69) is 16.3 Å². The number of halogens is 2. The molecule has 1 aliphatic rings. The predicted molar refractivity (Wildman–Crippen MR) is 116 cm³/mol. The van der Waals surface area contributed by atoms with Crippen molar-refractivity contribution >= 4 is 23.2 Å². The van der Waals surface area contributed by atoms with Crippen molar-refractivity contribution in [2.75, 3.05) is 7.11 Å². The third-order valence-electron chi connectivity index (χ3n) is 5.05. The Bertz CT molecular complexity index is 1230. The topological polar surface area (TPSA) is 106 Å². The number of methoxy groups -OCH3 is 1. The van der Waals surface area contributed by atoms with Crippen molar-refractivity contribution in [1.29, 1.82) is 5.26 Å². The molecule has 0 bridgehead atoms. The highest BCUT2D eigenvalue weighted by molar-refractivity contribution is 6.35. The number of hydrogen-bond donors (Lipinski definition) is 2. The fourth-order valence-electron chi connectivity index (χ4n) is 3.51. The third-order valence-corrected chi connectivity index (χ3v) is 5.64. The Morgan fingerprint density at radius 1 is 1.23 bits per heavy atom. The van der Waals surface area contributed by atoms with Crippen molar-refractivity contribution in [3.8, 4) is 23.4 Å². The number of fused-ring (bicyclic) bond motifs is 1. The fraction of sp³-hybridized carbons (Fsp3) is 0.182. The van der Waals surface area contributed by atoms with E-state index in [0.29, 0.717) is 33.0 Å². The van der Waals surface area contributed by atoms with Crippen LogP contribution in [0.2, 0.25) is 10.0 Å². The molecule has 3 N–H and O–H groups in total. The zero-order valence-corrected chi connectivity index (χ0v) is 18.2. The van der Waals surface area contributed by atoms with Gasteiger partial charge in [0, 0.05) is 26.9 Å². The first-order chi connectivity index (χ1) is 14.9. The summed E-state index contributed by atoms with van der Waals surface area (Å²) in [6.45, 7) is 2.10. The van der Waals surface area contributed by atoms with Crippen molar-refractivity contribution in [3.63, 3.8) is 0 Å². The molecule has 2 aromatic carbocycles. The zero-order valence-electron chi connectivity index (χ0n) is 16.7. The Hall–Kier alpha value is -3.34. The number of nitriles is 1. The van der Waals surface area contributed by atoms with E-state index in [1.165, 1.54) is 0 Å². The molecule has 158 valence electrons. The Morgan fingerprint density at radius 2 is 2.03 bits per heavy atom. The monoisotopic (exact) mass is 456 g/mol. The fourth-order valence-corrected chi connectivity index (χ4v) is 3.97. The summed E-state index contributed by atoms with van der Waals surface area (Å²) in [5.74, 6) is 0.983. The van der Waals surface area contributed by atoms with Gasteiger partial charge in [0.2, 0.25) is 11.8 Å². The minimum Gasteiger partial charge on any atom is -0.493 e. The summed E-state index contributed by atoms with van der Waals surface area (Å²) >= 11 is 12.2. The van der Waals surface area contributed by atoms with E-state index in [1.54, 1.807) is 25.3 Å². The van der Waals surface area contributed by atoms with Crippen molar-refractivity contribution in [2.45, 2.75) is 19.4 Å². The number of benzene rings is 2. The van der Waals surface area contributed by atoms with E-state index < -0.39 is 5.92 Å². The maximum Gasteiger partial charge on any atom is 0.244 e. The van der Waals surface area contributed by atoms with Crippen LogP contribution in [0.3, 0.4) is 0 Å². The quantitative estimate of drug-likeness (QED) is 0.569. The molecular weight excluding hydrogens is 439 g/mol. The van der Waals surface area contributed by atoms with Gasteiger partial charge in [-0.2, -0.15) is 5.26 Å². The summed E-state index contributed by atoms with van der Waals surface area (Å²) < 4.78 is 17.0.